The highest BCUT2D eigenvalue weighted by atomic mass is 16.2. The van der Waals surface area contributed by atoms with Crippen molar-refractivity contribution in [1.82, 2.24) is 10.2 Å². The van der Waals surface area contributed by atoms with E-state index in [1.807, 2.05) is 17.0 Å². The highest BCUT2D eigenvalue weighted by Gasteiger charge is 2.48. The number of para-hydroxylation sites is 1. The molecule has 1 fully saturated rings. The van der Waals surface area contributed by atoms with E-state index in [9.17, 15) is 4.79 Å². The first kappa shape index (κ1) is 12.3. The van der Waals surface area contributed by atoms with Crippen LogP contribution in [0.5, 0.6) is 0 Å². The largest absolute Gasteiger partial charge is 0.327 e. The van der Waals surface area contributed by atoms with E-state index in [2.05, 4.69) is 27.6 Å². The molecule has 1 aliphatic carbocycles. The number of nitrogens with one attached hydrogen (secondary N) is 1. The van der Waals surface area contributed by atoms with Crippen LogP contribution in [0.4, 0.5) is 16.3 Å². The summed E-state index contributed by atoms with van der Waals surface area (Å²) < 4.78 is 0. The Morgan fingerprint density at radius 1 is 1.19 bits per heavy atom. The van der Waals surface area contributed by atoms with Gasteiger partial charge in [-0.25, -0.2) is 4.79 Å². The van der Waals surface area contributed by atoms with E-state index < -0.39 is 0 Å². The number of anilines is 2. The van der Waals surface area contributed by atoms with Crippen LogP contribution in [0.3, 0.4) is 0 Å². The van der Waals surface area contributed by atoms with Gasteiger partial charge in [0.2, 0.25) is 0 Å². The van der Waals surface area contributed by atoms with Gasteiger partial charge in [0.1, 0.15) is 0 Å². The van der Waals surface area contributed by atoms with Gasteiger partial charge in [-0.2, -0.15) is 5.10 Å². The molecule has 0 radical (unpaired) electrons. The summed E-state index contributed by atoms with van der Waals surface area (Å²) in [5, 5.41) is 10.5. The number of aromatic nitrogens is 2. The lowest BCUT2D eigenvalue weighted by atomic mass is 9.66. The molecule has 1 aromatic carbocycles. The molecule has 0 atom stereocenters. The lowest BCUT2D eigenvalue weighted by Crippen LogP contribution is -2.43. The lowest BCUT2D eigenvalue weighted by Gasteiger charge is -2.38. The van der Waals surface area contributed by atoms with Gasteiger partial charge < -0.3 is 0 Å². The zero-order chi connectivity index (χ0) is 14.3. The molecule has 0 bridgehead atoms. The Morgan fingerprint density at radius 3 is 2.76 bits per heavy atom. The summed E-state index contributed by atoms with van der Waals surface area (Å²) >= 11 is 0. The smallest absolute Gasteiger partial charge is 0.293 e. The molecule has 1 aromatic heterocycles. The van der Waals surface area contributed by atoms with Gasteiger partial charge in [-0.1, -0.05) is 24.6 Å². The Balaban J connectivity index is 1.63. The third-order valence-electron chi connectivity index (χ3n) is 4.59. The molecule has 1 spiro atoms. The molecular formula is C16H16N4O. The Morgan fingerprint density at radius 2 is 2.05 bits per heavy atom. The average Bonchev–Trinajstić information content (AvgIpc) is 2.84. The van der Waals surface area contributed by atoms with Gasteiger partial charge in [0.05, 0.1) is 0 Å². The standard InChI is InChI=1S/C16H16N4O/c21-15(18-14-7-3-10-17-19-14)20-11-16(8-4-9-16)12-5-1-2-6-13(12)20/h1-3,5-7,10H,4,8-9,11H2,(H,18,19,21). The number of hydrogen-bond acceptors (Lipinski definition) is 3. The molecule has 4 rings (SSSR count). The number of carbonyl (C=O) groups excluding carboxylic acids is 1. The topological polar surface area (TPSA) is 58.1 Å². The van der Waals surface area contributed by atoms with Crippen LogP contribution in [-0.4, -0.2) is 22.8 Å². The Hall–Kier alpha value is -2.43. The number of carbonyl (C=O) groups is 1. The van der Waals surface area contributed by atoms with Crippen molar-refractivity contribution in [3.63, 3.8) is 0 Å². The van der Waals surface area contributed by atoms with Gasteiger partial charge in [0.15, 0.2) is 5.82 Å². The summed E-state index contributed by atoms with van der Waals surface area (Å²) in [6.07, 6.45) is 5.16. The molecule has 1 saturated carbocycles. The number of urea groups is 1. The maximum atomic E-state index is 12.6. The maximum absolute atomic E-state index is 12.6. The second-order valence-corrected chi connectivity index (χ2v) is 5.78. The number of rotatable bonds is 1. The van der Waals surface area contributed by atoms with E-state index in [0.29, 0.717) is 5.82 Å². The number of benzene rings is 1. The molecule has 5 nitrogen and oxygen atoms in total. The highest BCUT2D eigenvalue weighted by Crippen LogP contribution is 2.52. The number of nitrogens with zero attached hydrogens (tertiary/aromatic N) is 3. The van der Waals surface area contributed by atoms with Gasteiger partial charge in [0.25, 0.3) is 0 Å². The summed E-state index contributed by atoms with van der Waals surface area (Å²) in [4.78, 5) is 14.4. The molecule has 2 heterocycles. The van der Waals surface area contributed by atoms with Crippen LogP contribution in [-0.2, 0) is 5.41 Å². The zero-order valence-corrected chi connectivity index (χ0v) is 11.6. The first-order valence-corrected chi connectivity index (χ1v) is 7.24. The molecule has 0 saturated heterocycles. The van der Waals surface area contributed by atoms with Gasteiger partial charge >= 0.3 is 6.03 Å². The van der Waals surface area contributed by atoms with E-state index >= 15 is 0 Å². The third kappa shape index (κ3) is 1.88. The minimum absolute atomic E-state index is 0.133. The number of fused-ring (bicyclic) bond motifs is 2. The molecule has 1 aliphatic heterocycles. The lowest BCUT2D eigenvalue weighted by molar-refractivity contribution is 0.244. The second kappa shape index (κ2) is 4.55. The summed E-state index contributed by atoms with van der Waals surface area (Å²) in [5.41, 5.74) is 2.51. The molecule has 0 unspecified atom stereocenters. The van der Waals surface area contributed by atoms with Gasteiger partial charge in [-0.3, -0.25) is 10.2 Å². The molecule has 2 aromatic rings. The van der Waals surface area contributed by atoms with E-state index in [0.717, 1.165) is 12.2 Å². The molecule has 1 N–H and O–H groups in total. The van der Waals surface area contributed by atoms with Crippen LogP contribution in [0, 0.1) is 0 Å². The summed E-state index contributed by atoms with van der Waals surface area (Å²) in [6.45, 7) is 0.762. The summed E-state index contributed by atoms with van der Waals surface area (Å²) in [5.74, 6) is 0.481. The maximum Gasteiger partial charge on any atom is 0.327 e. The van der Waals surface area contributed by atoms with Crippen molar-refractivity contribution in [2.24, 2.45) is 0 Å². The molecule has 2 amide bonds. The molecule has 2 aliphatic rings. The van der Waals surface area contributed by atoms with Crippen molar-refractivity contribution in [3.05, 3.63) is 48.2 Å². The monoisotopic (exact) mass is 280 g/mol. The summed E-state index contributed by atoms with van der Waals surface area (Å²) in [7, 11) is 0. The fourth-order valence-electron chi connectivity index (χ4n) is 3.39. The van der Waals surface area contributed by atoms with Crippen LogP contribution in [0.25, 0.3) is 0 Å². The third-order valence-corrected chi connectivity index (χ3v) is 4.59. The fourth-order valence-corrected chi connectivity index (χ4v) is 3.39. The SMILES string of the molecule is O=C(Nc1cccnn1)N1CC2(CCC2)c2ccccc21. The Labute approximate surface area is 123 Å². The van der Waals surface area contributed by atoms with E-state index in [-0.39, 0.29) is 11.4 Å². The minimum Gasteiger partial charge on any atom is -0.293 e. The van der Waals surface area contributed by atoms with Crippen molar-refractivity contribution >= 4 is 17.5 Å². The van der Waals surface area contributed by atoms with Gasteiger partial charge in [-0.15, -0.1) is 5.10 Å². The van der Waals surface area contributed by atoms with E-state index in [1.54, 1.807) is 18.3 Å². The molecular weight excluding hydrogens is 264 g/mol. The van der Waals surface area contributed by atoms with Crippen molar-refractivity contribution in [1.29, 1.82) is 0 Å². The predicted octanol–water partition coefficient (Wildman–Crippen LogP) is 2.95. The average molecular weight is 280 g/mol. The van der Waals surface area contributed by atoms with Crippen molar-refractivity contribution in [2.75, 3.05) is 16.8 Å². The highest BCUT2D eigenvalue weighted by molar-refractivity contribution is 6.03. The van der Waals surface area contributed by atoms with Crippen molar-refractivity contribution in [3.8, 4) is 0 Å². The number of hydrogen-bond donors (Lipinski definition) is 1. The van der Waals surface area contributed by atoms with Crippen LogP contribution in [0.2, 0.25) is 0 Å². The first-order chi connectivity index (χ1) is 10.3. The van der Waals surface area contributed by atoms with Crippen LogP contribution in [0.15, 0.2) is 42.6 Å². The zero-order valence-electron chi connectivity index (χ0n) is 11.6. The Bertz CT molecular complexity index is 682. The quantitative estimate of drug-likeness (QED) is 0.873. The van der Waals surface area contributed by atoms with Crippen LogP contribution >= 0.6 is 0 Å². The Kier molecular flexibility index (Phi) is 2.67. The van der Waals surface area contributed by atoms with Gasteiger partial charge in [0, 0.05) is 23.8 Å². The van der Waals surface area contributed by atoms with Gasteiger partial charge in [-0.05, 0) is 36.6 Å². The fraction of sp³-hybridized carbons (Fsp3) is 0.312. The molecule has 5 heteroatoms. The van der Waals surface area contributed by atoms with Crippen LogP contribution in [0.1, 0.15) is 24.8 Å². The molecule has 106 valence electrons. The van der Waals surface area contributed by atoms with Crippen LogP contribution < -0.4 is 10.2 Å². The second-order valence-electron chi connectivity index (χ2n) is 5.78. The first-order valence-electron chi connectivity index (χ1n) is 7.24. The normalized spacial score (nSPS) is 18.2. The number of amides is 2. The minimum atomic E-state index is -0.133. The molecule has 21 heavy (non-hydrogen) atoms. The van der Waals surface area contributed by atoms with E-state index in [4.69, 9.17) is 0 Å². The predicted molar refractivity (Wildman–Crippen MR) is 80.4 cm³/mol. The van der Waals surface area contributed by atoms with E-state index in [1.165, 1.54) is 24.8 Å². The summed E-state index contributed by atoms with van der Waals surface area (Å²) in [6, 6.07) is 11.6. The van der Waals surface area contributed by atoms with Crippen molar-refractivity contribution in [2.45, 2.75) is 24.7 Å². The van der Waals surface area contributed by atoms with Crippen molar-refractivity contribution < 1.29 is 4.79 Å².